The topological polar surface area (TPSA) is 65.2 Å². The van der Waals surface area contributed by atoms with Crippen LogP contribution >= 0.6 is 0 Å². The van der Waals surface area contributed by atoms with E-state index in [-0.39, 0.29) is 11.9 Å². The van der Waals surface area contributed by atoms with E-state index in [1.54, 1.807) is 4.90 Å². The Morgan fingerprint density at radius 3 is 3.09 bits per heavy atom. The first-order chi connectivity index (χ1) is 10.6. The minimum absolute atomic E-state index is 0.0793. The smallest absolute Gasteiger partial charge is 0.317 e. The first-order valence-electron chi connectivity index (χ1n) is 7.56. The number of nitrogens with one attached hydrogen (secondary N) is 2. The van der Waals surface area contributed by atoms with E-state index >= 15 is 0 Å². The van der Waals surface area contributed by atoms with Crippen LogP contribution in [0.15, 0.2) is 30.3 Å². The molecule has 1 aliphatic rings. The van der Waals surface area contributed by atoms with E-state index < -0.39 is 10.8 Å². The Morgan fingerprint density at radius 2 is 2.27 bits per heavy atom. The number of aromatic amines is 1. The highest BCUT2D eigenvalue weighted by Crippen LogP contribution is 2.14. The third-order valence-corrected chi connectivity index (χ3v) is 5.47. The molecule has 0 spiro atoms. The number of rotatable bonds is 2. The van der Waals surface area contributed by atoms with Gasteiger partial charge in [0.25, 0.3) is 0 Å². The minimum atomic E-state index is -0.803. The highest BCUT2D eigenvalue weighted by molar-refractivity contribution is 7.85. The molecule has 2 N–H and O–H groups in total. The fourth-order valence-corrected chi connectivity index (χ4v) is 4.16. The van der Waals surface area contributed by atoms with Gasteiger partial charge in [-0.15, -0.1) is 0 Å². The van der Waals surface area contributed by atoms with Gasteiger partial charge in [-0.25, -0.2) is 4.79 Å². The van der Waals surface area contributed by atoms with E-state index in [1.165, 1.54) is 0 Å². The van der Waals surface area contributed by atoms with Crippen molar-refractivity contribution in [2.45, 2.75) is 13.5 Å². The van der Waals surface area contributed by atoms with Gasteiger partial charge in [0.15, 0.2) is 0 Å². The second-order valence-corrected chi connectivity index (χ2v) is 7.52. The van der Waals surface area contributed by atoms with Crippen LogP contribution in [0.25, 0.3) is 10.9 Å². The van der Waals surface area contributed by atoms with Crippen molar-refractivity contribution < 1.29 is 9.00 Å². The second kappa shape index (κ2) is 6.52. The van der Waals surface area contributed by atoms with Crippen molar-refractivity contribution in [3.05, 3.63) is 36.0 Å². The molecule has 0 aliphatic carbocycles. The molecule has 0 bridgehead atoms. The van der Waals surface area contributed by atoms with Crippen molar-refractivity contribution in [2.24, 2.45) is 5.92 Å². The molecule has 1 aliphatic heterocycles. The fourth-order valence-electron chi connectivity index (χ4n) is 2.83. The summed E-state index contributed by atoms with van der Waals surface area (Å²) in [4.78, 5) is 17.4. The lowest BCUT2D eigenvalue weighted by Gasteiger charge is -2.22. The van der Waals surface area contributed by atoms with E-state index in [9.17, 15) is 9.00 Å². The van der Waals surface area contributed by atoms with Crippen molar-refractivity contribution in [3.63, 3.8) is 0 Å². The number of para-hydroxylation sites is 1. The second-order valence-electron chi connectivity index (χ2n) is 5.90. The summed E-state index contributed by atoms with van der Waals surface area (Å²) in [5, 5.41) is 4.09. The summed E-state index contributed by atoms with van der Waals surface area (Å²) < 4.78 is 11.7. The molecule has 2 atom stereocenters. The molecule has 118 valence electrons. The normalized spacial score (nSPS) is 22.5. The molecule has 0 saturated carbocycles. The number of benzene rings is 1. The van der Waals surface area contributed by atoms with Gasteiger partial charge in [0.1, 0.15) is 0 Å². The Morgan fingerprint density at radius 1 is 1.45 bits per heavy atom. The number of nitrogens with zero attached hydrogens (tertiary/aromatic N) is 1. The molecule has 3 rings (SSSR count). The van der Waals surface area contributed by atoms with Crippen LogP contribution in [0.1, 0.15) is 12.6 Å². The average Bonchev–Trinajstić information content (AvgIpc) is 2.83. The Balaban J connectivity index is 1.60. The van der Waals surface area contributed by atoms with E-state index in [0.717, 1.165) is 16.6 Å². The van der Waals surface area contributed by atoms with Crippen molar-refractivity contribution in [2.75, 3.05) is 24.6 Å². The lowest BCUT2D eigenvalue weighted by molar-refractivity contribution is 0.195. The van der Waals surface area contributed by atoms with Gasteiger partial charge in [0, 0.05) is 46.6 Å². The largest absolute Gasteiger partial charge is 0.357 e. The van der Waals surface area contributed by atoms with Gasteiger partial charge < -0.3 is 15.2 Å². The van der Waals surface area contributed by atoms with Crippen molar-refractivity contribution in [1.29, 1.82) is 0 Å². The number of fused-ring (bicyclic) bond motifs is 1. The Labute approximate surface area is 132 Å². The maximum Gasteiger partial charge on any atom is 0.317 e. The van der Waals surface area contributed by atoms with Gasteiger partial charge in [-0.2, -0.15) is 0 Å². The predicted octanol–water partition coefficient (Wildman–Crippen LogP) is 2.08. The molecule has 22 heavy (non-hydrogen) atoms. The molecular formula is C16H21N3O2S. The summed E-state index contributed by atoms with van der Waals surface area (Å²) in [6, 6.07) is 10.0. The zero-order valence-corrected chi connectivity index (χ0v) is 13.5. The molecule has 1 saturated heterocycles. The Hall–Kier alpha value is -1.82. The van der Waals surface area contributed by atoms with Gasteiger partial charge in [0.2, 0.25) is 0 Å². The molecule has 2 aromatic rings. The summed E-state index contributed by atoms with van der Waals surface area (Å²) in [6.45, 7) is 3.75. The number of urea groups is 1. The van der Waals surface area contributed by atoms with Gasteiger partial charge in [-0.1, -0.05) is 25.1 Å². The number of carbonyl (C=O) groups is 1. The minimum Gasteiger partial charge on any atom is -0.357 e. The fraction of sp³-hybridized carbons (Fsp3) is 0.438. The number of H-pyrrole nitrogens is 1. The summed E-state index contributed by atoms with van der Waals surface area (Å²) in [5.74, 6) is 1.54. The number of amides is 2. The highest BCUT2D eigenvalue weighted by atomic mass is 32.2. The van der Waals surface area contributed by atoms with E-state index in [4.69, 9.17) is 0 Å². The van der Waals surface area contributed by atoms with E-state index in [0.29, 0.717) is 31.1 Å². The van der Waals surface area contributed by atoms with E-state index in [2.05, 4.69) is 16.4 Å². The van der Waals surface area contributed by atoms with Crippen LogP contribution in [-0.4, -0.2) is 44.7 Å². The first-order valence-corrected chi connectivity index (χ1v) is 9.05. The molecule has 1 aromatic carbocycles. The van der Waals surface area contributed by atoms with Crippen LogP contribution in [0.4, 0.5) is 4.79 Å². The molecule has 0 radical (unpaired) electrons. The van der Waals surface area contributed by atoms with Crippen molar-refractivity contribution >= 4 is 27.7 Å². The summed E-state index contributed by atoms with van der Waals surface area (Å²) in [5.41, 5.74) is 2.06. The SMILES string of the molecule is CC1CN(C(=O)NCc2cc3ccccc3[nH]2)CCS(=O)C1. The summed E-state index contributed by atoms with van der Waals surface area (Å²) in [7, 11) is -0.803. The molecule has 6 heteroatoms. The molecule has 2 amide bonds. The number of carbonyl (C=O) groups excluding carboxylic acids is 1. The Bertz CT molecular complexity index is 665. The van der Waals surface area contributed by atoms with Gasteiger partial charge >= 0.3 is 6.03 Å². The third-order valence-electron chi connectivity index (χ3n) is 3.89. The molecule has 1 fully saturated rings. The quantitative estimate of drug-likeness (QED) is 0.890. The van der Waals surface area contributed by atoms with Crippen LogP contribution in [0.3, 0.4) is 0 Å². The first kappa shape index (κ1) is 15.1. The predicted molar refractivity (Wildman–Crippen MR) is 89.1 cm³/mol. The average molecular weight is 319 g/mol. The third kappa shape index (κ3) is 3.50. The lowest BCUT2D eigenvalue weighted by Crippen LogP contribution is -2.42. The maximum absolute atomic E-state index is 12.3. The van der Waals surface area contributed by atoms with Gasteiger partial charge in [-0.3, -0.25) is 4.21 Å². The highest BCUT2D eigenvalue weighted by Gasteiger charge is 2.22. The van der Waals surface area contributed by atoms with Crippen LogP contribution in [-0.2, 0) is 17.3 Å². The zero-order chi connectivity index (χ0) is 15.5. The van der Waals surface area contributed by atoms with Crippen LogP contribution in [0.5, 0.6) is 0 Å². The van der Waals surface area contributed by atoms with Gasteiger partial charge in [-0.05, 0) is 23.4 Å². The van der Waals surface area contributed by atoms with Crippen molar-refractivity contribution in [3.8, 4) is 0 Å². The molecule has 1 aromatic heterocycles. The Kier molecular flexibility index (Phi) is 4.47. The van der Waals surface area contributed by atoms with Crippen LogP contribution in [0, 0.1) is 5.92 Å². The molecule has 5 nitrogen and oxygen atoms in total. The standard InChI is InChI=1S/C16H21N3O2S/c1-12-10-19(6-7-22(21)11-12)16(20)17-9-14-8-13-4-2-3-5-15(13)18-14/h2-5,8,12,18H,6-7,9-11H2,1H3,(H,17,20). The van der Waals surface area contributed by atoms with Crippen LogP contribution in [0.2, 0.25) is 0 Å². The van der Waals surface area contributed by atoms with E-state index in [1.807, 2.05) is 31.2 Å². The molecule has 2 heterocycles. The zero-order valence-electron chi connectivity index (χ0n) is 12.7. The summed E-state index contributed by atoms with van der Waals surface area (Å²) >= 11 is 0. The monoisotopic (exact) mass is 319 g/mol. The number of hydrogen-bond donors (Lipinski definition) is 2. The maximum atomic E-state index is 12.3. The molecular weight excluding hydrogens is 298 g/mol. The number of aromatic nitrogens is 1. The number of hydrogen-bond acceptors (Lipinski definition) is 2. The lowest BCUT2D eigenvalue weighted by atomic mass is 10.2. The molecule has 2 unspecified atom stereocenters. The van der Waals surface area contributed by atoms with Crippen molar-refractivity contribution in [1.82, 2.24) is 15.2 Å². The van der Waals surface area contributed by atoms with Gasteiger partial charge in [0.05, 0.1) is 6.54 Å². The summed E-state index contributed by atoms with van der Waals surface area (Å²) in [6.07, 6.45) is 0. The van der Waals surface area contributed by atoms with Crippen LogP contribution < -0.4 is 5.32 Å².